The minimum atomic E-state index is -0.257. The summed E-state index contributed by atoms with van der Waals surface area (Å²) in [6.45, 7) is 6.93. The number of amidine groups is 1. The lowest BCUT2D eigenvalue weighted by molar-refractivity contribution is 0.00227. The maximum Gasteiger partial charge on any atom is 0.169 e. The summed E-state index contributed by atoms with van der Waals surface area (Å²) in [4.78, 5) is 4.82. The topological polar surface area (TPSA) is 74.3 Å². The van der Waals surface area contributed by atoms with Gasteiger partial charge in [-0.25, -0.2) is 0 Å². The fourth-order valence-corrected chi connectivity index (χ4v) is 2.44. The molecule has 0 radical (unpaired) electrons. The molecule has 2 aliphatic heterocycles. The van der Waals surface area contributed by atoms with E-state index in [1.807, 2.05) is 0 Å². The monoisotopic (exact) mass is 242 g/mol. The lowest BCUT2D eigenvalue weighted by atomic mass is 10.2. The van der Waals surface area contributed by atoms with Crippen molar-refractivity contribution in [2.24, 2.45) is 10.9 Å². The minimum Gasteiger partial charge on any atom is -0.409 e. The number of hydrogen-bond acceptors (Lipinski definition) is 5. The zero-order valence-corrected chi connectivity index (χ0v) is 10.2. The molecule has 1 unspecified atom stereocenters. The number of nitrogens with zero attached hydrogens (tertiary/aromatic N) is 3. The number of ether oxygens (including phenoxy) is 1. The average Bonchev–Trinajstić information content (AvgIpc) is 2.89. The van der Waals surface area contributed by atoms with Crippen LogP contribution in [0.25, 0.3) is 0 Å². The first-order valence-electron chi connectivity index (χ1n) is 6.33. The van der Waals surface area contributed by atoms with E-state index in [0.717, 1.165) is 26.2 Å². The molecule has 0 aromatic carbocycles. The Hall–Kier alpha value is -0.850. The Morgan fingerprint density at radius 1 is 1.24 bits per heavy atom. The van der Waals surface area contributed by atoms with Gasteiger partial charge in [0.15, 0.2) is 5.84 Å². The molecule has 2 rings (SSSR count). The molecule has 2 heterocycles. The van der Waals surface area contributed by atoms with E-state index in [1.54, 1.807) is 0 Å². The van der Waals surface area contributed by atoms with Crippen LogP contribution in [-0.2, 0) is 4.74 Å². The van der Waals surface area contributed by atoms with Gasteiger partial charge in [-0.3, -0.25) is 4.90 Å². The minimum absolute atomic E-state index is 0.177. The van der Waals surface area contributed by atoms with Gasteiger partial charge in [0, 0.05) is 26.2 Å². The molecule has 98 valence electrons. The molecule has 6 nitrogen and oxygen atoms in total. The molecule has 1 atom stereocenters. The first kappa shape index (κ1) is 12.6. The zero-order valence-electron chi connectivity index (χ0n) is 10.2. The molecule has 0 aliphatic carbocycles. The second-order valence-electron chi connectivity index (χ2n) is 4.73. The number of morpholine rings is 1. The van der Waals surface area contributed by atoms with E-state index in [2.05, 4.69) is 15.0 Å². The molecule has 2 fully saturated rings. The molecule has 0 bridgehead atoms. The standard InChI is InChI=1S/C11H22N4O2/c12-11(13-16)10-9-15(7-8-17-10)6-5-14-3-1-2-4-14/h10,16H,1-9H2,(H2,12,13). The van der Waals surface area contributed by atoms with Crippen LogP contribution in [0.5, 0.6) is 0 Å². The summed E-state index contributed by atoms with van der Waals surface area (Å²) in [6, 6.07) is 0. The number of likely N-dealkylation sites (tertiary alicyclic amines) is 1. The fourth-order valence-electron chi connectivity index (χ4n) is 2.44. The van der Waals surface area contributed by atoms with Crippen molar-refractivity contribution in [2.75, 3.05) is 45.9 Å². The Balaban J connectivity index is 1.73. The maximum atomic E-state index is 8.63. The van der Waals surface area contributed by atoms with Crippen molar-refractivity contribution in [3.05, 3.63) is 0 Å². The van der Waals surface area contributed by atoms with Gasteiger partial charge in [0.2, 0.25) is 0 Å². The Kier molecular flexibility index (Phi) is 4.58. The average molecular weight is 242 g/mol. The summed E-state index contributed by atoms with van der Waals surface area (Å²) >= 11 is 0. The van der Waals surface area contributed by atoms with Crippen LogP contribution in [0.4, 0.5) is 0 Å². The Labute approximate surface area is 102 Å². The van der Waals surface area contributed by atoms with Crippen molar-refractivity contribution in [3.8, 4) is 0 Å². The van der Waals surface area contributed by atoms with Crippen LogP contribution in [0, 0.1) is 0 Å². The van der Waals surface area contributed by atoms with Crippen molar-refractivity contribution in [1.29, 1.82) is 0 Å². The molecule has 0 aromatic heterocycles. The summed E-state index contributed by atoms with van der Waals surface area (Å²) in [6.07, 6.45) is 2.40. The molecule has 17 heavy (non-hydrogen) atoms. The molecule has 3 N–H and O–H groups in total. The highest BCUT2D eigenvalue weighted by atomic mass is 16.5. The molecular formula is C11H22N4O2. The Morgan fingerprint density at radius 2 is 1.94 bits per heavy atom. The normalized spacial score (nSPS) is 28.7. The van der Waals surface area contributed by atoms with E-state index in [-0.39, 0.29) is 11.9 Å². The smallest absolute Gasteiger partial charge is 0.169 e. The maximum absolute atomic E-state index is 8.63. The van der Waals surface area contributed by atoms with E-state index in [1.165, 1.54) is 25.9 Å². The van der Waals surface area contributed by atoms with Gasteiger partial charge >= 0.3 is 0 Å². The quantitative estimate of drug-likeness (QED) is 0.302. The summed E-state index contributed by atoms with van der Waals surface area (Å²) in [5.41, 5.74) is 5.57. The third kappa shape index (κ3) is 3.55. The first-order chi connectivity index (χ1) is 8.29. The summed E-state index contributed by atoms with van der Waals surface area (Å²) < 4.78 is 5.46. The first-order valence-corrected chi connectivity index (χ1v) is 6.33. The van der Waals surface area contributed by atoms with Crippen LogP contribution in [-0.4, -0.2) is 72.8 Å². The van der Waals surface area contributed by atoms with Gasteiger partial charge < -0.3 is 20.6 Å². The van der Waals surface area contributed by atoms with Crippen LogP contribution < -0.4 is 5.73 Å². The molecule has 6 heteroatoms. The van der Waals surface area contributed by atoms with Crippen LogP contribution >= 0.6 is 0 Å². The van der Waals surface area contributed by atoms with Crippen LogP contribution in [0.1, 0.15) is 12.8 Å². The van der Waals surface area contributed by atoms with Gasteiger partial charge in [-0.05, 0) is 25.9 Å². The van der Waals surface area contributed by atoms with Crippen molar-refractivity contribution >= 4 is 5.84 Å². The Morgan fingerprint density at radius 3 is 2.65 bits per heavy atom. The third-order valence-electron chi connectivity index (χ3n) is 3.53. The van der Waals surface area contributed by atoms with E-state index < -0.39 is 0 Å². The third-order valence-corrected chi connectivity index (χ3v) is 3.53. The number of oxime groups is 1. The largest absolute Gasteiger partial charge is 0.409 e. The number of rotatable bonds is 4. The molecule has 0 aromatic rings. The predicted octanol–water partition coefficient (Wildman–Crippen LogP) is -0.471. The number of nitrogens with two attached hydrogens (primary N) is 1. The van der Waals surface area contributed by atoms with Crippen molar-refractivity contribution in [2.45, 2.75) is 18.9 Å². The molecule has 2 saturated heterocycles. The van der Waals surface area contributed by atoms with Gasteiger partial charge in [0.05, 0.1) is 6.61 Å². The zero-order chi connectivity index (χ0) is 12.1. The lowest BCUT2D eigenvalue weighted by Gasteiger charge is -2.33. The van der Waals surface area contributed by atoms with Crippen molar-refractivity contribution < 1.29 is 9.94 Å². The lowest BCUT2D eigenvalue weighted by Crippen LogP contribution is -2.50. The highest BCUT2D eigenvalue weighted by Crippen LogP contribution is 2.09. The summed E-state index contributed by atoms with van der Waals surface area (Å²) in [5.74, 6) is 0.177. The Bertz CT molecular complexity index is 266. The molecule has 0 saturated carbocycles. The summed E-state index contributed by atoms with van der Waals surface area (Å²) in [7, 11) is 0. The van der Waals surface area contributed by atoms with Crippen LogP contribution in [0.3, 0.4) is 0 Å². The van der Waals surface area contributed by atoms with E-state index >= 15 is 0 Å². The van der Waals surface area contributed by atoms with Gasteiger partial charge in [0.1, 0.15) is 6.10 Å². The second kappa shape index (κ2) is 6.18. The van der Waals surface area contributed by atoms with E-state index in [9.17, 15) is 0 Å². The molecule has 0 spiro atoms. The van der Waals surface area contributed by atoms with Gasteiger partial charge in [-0.2, -0.15) is 0 Å². The van der Waals surface area contributed by atoms with Crippen LogP contribution in [0.2, 0.25) is 0 Å². The molecule has 2 aliphatic rings. The van der Waals surface area contributed by atoms with E-state index in [4.69, 9.17) is 15.7 Å². The van der Waals surface area contributed by atoms with Crippen molar-refractivity contribution in [1.82, 2.24) is 9.80 Å². The molecule has 0 amide bonds. The predicted molar refractivity (Wildman–Crippen MR) is 65.3 cm³/mol. The highest BCUT2D eigenvalue weighted by Gasteiger charge is 2.24. The van der Waals surface area contributed by atoms with Crippen LogP contribution in [0.15, 0.2) is 5.16 Å². The van der Waals surface area contributed by atoms with E-state index in [0.29, 0.717) is 6.61 Å². The highest BCUT2D eigenvalue weighted by molar-refractivity contribution is 5.84. The van der Waals surface area contributed by atoms with Gasteiger partial charge in [-0.1, -0.05) is 5.16 Å². The van der Waals surface area contributed by atoms with Gasteiger partial charge in [-0.15, -0.1) is 0 Å². The van der Waals surface area contributed by atoms with Crippen molar-refractivity contribution in [3.63, 3.8) is 0 Å². The fraction of sp³-hybridized carbons (Fsp3) is 0.909. The molecular weight excluding hydrogens is 220 g/mol. The summed E-state index contributed by atoms with van der Waals surface area (Å²) in [5, 5.41) is 11.6. The second-order valence-corrected chi connectivity index (χ2v) is 4.73. The SMILES string of the molecule is NC(=NO)C1CN(CCN2CCCC2)CCO1. The number of hydrogen-bond donors (Lipinski definition) is 2. The van der Waals surface area contributed by atoms with Gasteiger partial charge in [0.25, 0.3) is 0 Å².